The van der Waals surface area contributed by atoms with E-state index in [1.54, 1.807) is 40.9 Å². The van der Waals surface area contributed by atoms with Crippen molar-refractivity contribution in [3.63, 3.8) is 0 Å². The van der Waals surface area contributed by atoms with Crippen LogP contribution in [0.25, 0.3) is 0 Å². The highest BCUT2D eigenvalue weighted by Crippen LogP contribution is 2.28. The van der Waals surface area contributed by atoms with Crippen molar-refractivity contribution >= 4 is 40.9 Å². The third kappa shape index (κ3) is 4.98. The van der Waals surface area contributed by atoms with Gasteiger partial charge in [0.2, 0.25) is 11.8 Å². The number of nitrogens with zero attached hydrogens (tertiary/aromatic N) is 1. The Bertz CT molecular complexity index is 898. The van der Waals surface area contributed by atoms with Gasteiger partial charge in [0.05, 0.1) is 17.2 Å². The summed E-state index contributed by atoms with van der Waals surface area (Å²) in [6, 6.07) is 14.6. The van der Waals surface area contributed by atoms with Crippen LogP contribution in [0.1, 0.15) is 30.1 Å². The Kier molecular flexibility index (Phi) is 6.93. The summed E-state index contributed by atoms with van der Waals surface area (Å²) in [5, 5.41) is 5.66. The van der Waals surface area contributed by atoms with E-state index >= 15 is 0 Å². The zero-order valence-electron chi connectivity index (χ0n) is 16.6. The van der Waals surface area contributed by atoms with E-state index < -0.39 is 5.92 Å². The lowest BCUT2D eigenvalue weighted by molar-refractivity contribution is -0.122. The minimum absolute atomic E-state index is 0.0731. The molecule has 2 aromatic rings. The first-order valence-corrected chi connectivity index (χ1v) is 10.9. The van der Waals surface area contributed by atoms with Crippen molar-refractivity contribution in [2.24, 2.45) is 5.92 Å². The third-order valence-electron chi connectivity index (χ3n) is 4.85. The molecule has 1 atom stereocenters. The van der Waals surface area contributed by atoms with E-state index in [1.165, 1.54) is 0 Å². The van der Waals surface area contributed by atoms with E-state index in [9.17, 15) is 14.4 Å². The van der Waals surface area contributed by atoms with Crippen molar-refractivity contribution in [3.8, 4) is 0 Å². The molecule has 1 fully saturated rings. The van der Waals surface area contributed by atoms with Crippen molar-refractivity contribution in [2.75, 3.05) is 29.6 Å². The summed E-state index contributed by atoms with van der Waals surface area (Å²) in [4.78, 5) is 40.4. The summed E-state index contributed by atoms with van der Waals surface area (Å²) in [5.41, 5.74) is 1.67. The normalized spacial score (nSPS) is 16.0. The lowest BCUT2D eigenvalue weighted by Crippen LogP contribution is -2.29. The molecule has 7 heteroatoms. The van der Waals surface area contributed by atoms with Gasteiger partial charge in [-0.1, -0.05) is 19.1 Å². The standard InChI is InChI=1S/C22H25N3O3S/c1-3-12-23-22(28)18-6-4-5-7-19(18)24-21(27)15-13-20(26)25(14-15)16-8-10-17(29-2)11-9-16/h4-11,15H,3,12-14H2,1-2H3,(H,23,28)(H,24,27). The number of rotatable bonds is 7. The van der Waals surface area contributed by atoms with Crippen LogP contribution in [0.5, 0.6) is 0 Å². The van der Waals surface area contributed by atoms with Crippen LogP contribution in [-0.4, -0.2) is 37.1 Å². The minimum Gasteiger partial charge on any atom is -0.352 e. The fourth-order valence-electron chi connectivity index (χ4n) is 3.25. The van der Waals surface area contributed by atoms with E-state index in [1.807, 2.05) is 37.4 Å². The highest BCUT2D eigenvalue weighted by molar-refractivity contribution is 7.98. The van der Waals surface area contributed by atoms with Crippen LogP contribution in [0, 0.1) is 5.92 Å². The molecule has 0 bridgehead atoms. The molecule has 0 saturated carbocycles. The predicted molar refractivity (Wildman–Crippen MR) is 116 cm³/mol. The summed E-state index contributed by atoms with van der Waals surface area (Å²) < 4.78 is 0. The molecule has 2 aromatic carbocycles. The number of carbonyl (C=O) groups excluding carboxylic acids is 3. The highest BCUT2D eigenvalue weighted by atomic mass is 32.2. The van der Waals surface area contributed by atoms with Gasteiger partial charge in [0, 0.05) is 30.1 Å². The maximum atomic E-state index is 12.8. The fraction of sp³-hybridized carbons (Fsp3) is 0.318. The summed E-state index contributed by atoms with van der Waals surface area (Å²) in [6.45, 7) is 2.88. The average molecular weight is 412 g/mol. The summed E-state index contributed by atoms with van der Waals surface area (Å²) >= 11 is 1.64. The number of nitrogens with one attached hydrogen (secondary N) is 2. The maximum absolute atomic E-state index is 12.8. The first-order valence-electron chi connectivity index (χ1n) is 9.66. The second kappa shape index (κ2) is 9.60. The molecule has 0 aliphatic carbocycles. The minimum atomic E-state index is -0.463. The zero-order chi connectivity index (χ0) is 20.8. The molecule has 29 heavy (non-hydrogen) atoms. The van der Waals surface area contributed by atoms with E-state index in [0.717, 1.165) is 17.0 Å². The van der Waals surface area contributed by atoms with Crippen molar-refractivity contribution in [1.29, 1.82) is 0 Å². The average Bonchev–Trinajstić information content (AvgIpc) is 3.14. The first kappa shape index (κ1) is 20.9. The van der Waals surface area contributed by atoms with Crippen molar-refractivity contribution in [3.05, 3.63) is 54.1 Å². The Morgan fingerprint density at radius 3 is 2.55 bits per heavy atom. The van der Waals surface area contributed by atoms with Crippen LogP contribution in [0.3, 0.4) is 0 Å². The van der Waals surface area contributed by atoms with Crippen molar-refractivity contribution in [1.82, 2.24) is 5.32 Å². The molecule has 1 aliphatic heterocycles. The van der Waals surface area contributed by atoms with Crippen molar-refractivity contribution in [2.45, 2.75) is 24.7 Å². The number of hydrogen-bond donors (Lipinski definition) is 2. The molecule has 0 aromatic heterocycles. The number of benzene rings is 2. The van der Waals surface area contributed by atoms with E-state index in [4.69, 9.17) is 0 Å². The molecule has 0 spiro atoms. The van der Waals surface area contributed by atoms with Gasteiger partial charge in [-0.05, 0) is 49.1 Å². The molecule has 1 heterocycles. The number of hydrogen-bond acceptors (Lipinski definition) is 4. The van der Waals surface area contributed by atoms with E-state index in [0.29, 0.717) is 24.3 Å². The molecule has 3 rings (SSSR count). The third-order valence-corrected chi connectivity index (χ3v) is 5.59. The Hall–Kier alpha value is -2.80. The SMILES string of the molecule is CCCNC(=O)c1ccccc1NC(=O)C1CC(=O)N(c2ccc(SC)cc2)C1. The first-order chi connectivity index (χ1) is 14.0. The van der Waals surface area contributed by atoms with Gasteiger partial charge in [0.15, 0.2) is 0 Å². The summed E-state index contributed by atoms with van der Waals surface area (Å²) in [6.07, 6.45) is 2.98. The number of amides is 3. The van der Waals surface area contributed by atoms with Gasteiger partial charge in [-0.25, -0.2) is 0 Å². The number of carbonyl (C=O) groups is 3. The Morgan fingerprint density at radius 2 is 1.86 bits per heavy atom. The molecular formula is C22H25N3O3S. The molecule has 152 valence electrons. The quantitative estimate of drug-likeness (QED) is 0.683. The topological polar surface area (TPSA) is 78.5 Å². The van der Waals surface area contributed by atoms with Crippen LogP contribution in [0.2, 0.25) is 0 Å². The van der Waals surface area contributed by atoms with E-state index in [-0.39, 0.29) is 24.1 Å². The van der Waals surface area contributed by atoms with Gasteiger partial charge in [-0.2, -0.15) is 0 Å². The summed E-state index contributed by atoms with van der Waals surface area (Å²) in [7, 11) is 0. The van der Waals surface area contributed by atoms with Gasteiger partial charge < -0.3 is 15.5 Å². The molecule has 0 radical (unpaired) electrons. The van der Waals surface area contributed by atoms with Gasteiger partial charge in [0.1, 0.15) is 0 Å². The predicted octanol–water partition coefficient (Wildman–Crippen LogP) is 3.54. The molecule has 1 saturated heterocycles. The molecule has 3 amide bonds. The lowest BCUT2D eigenvalue weighted by Gasteiger charge is -2.17. The molecule has 1 unspecified atom stereocenters. The number of para-hydroxylation sites is 1. The Morgan fingerprint density at radius 1 is 1.14 bits per heavy atom. The van der Waals surface area contributed by atoms with Gasteiger partial charge >= 0.3 is 0 Å². The van der Waals surface area contributed by atoms with Crippen LogP contribution in [0.4, 0.5) is 11.4 Å². The Labute approximate surface area is 175 Å². The van der Waals surface area contributed by atoms with Gasteiger partial charge in [0.25, 0.3) is 5.91 Å². The fourth-order valence-corrected chi connectivity index (χ4v) is 3.66. The molecule has 2 N–H and O–H groups in total. The van der Waals surface area contributed by atoms with E-state index in [2.05, 4.69) is 10.6 Å². The van der Waals surface area contributed by atoms with Gasteiger partial charge in [-0.15, -0.1) is 11.8 Å². The van der Waals surface area contributed by atoms with Crippen LogP contribution >= 0.6 is 11.8 Å². The smallest absolute Gasteiger partial charge is 0.253 e. The van der Waals surface area contributed by atoms with Gasteiger partial charge in [-0.3, -0.25) is 14.4 Å². The van der Waals surface area contributed by atoms with Crippen LogP contribution < -0.4 is 15.5 Å². The van der Waals surface area contributed by atoms with Crippen LogP contribution in [-0.2, 0) is 9.59 Å². The second-order valence-electron chi connectivity index (χ2n) is 6.89. The maximum Gasteiger partial charge on any atom is 0.253 e. The van der Waals surface area contributed by atoms with Crippen LogP contribution in [0.15, 0.2) is 53.4 Å². The zero-order valence-corrected chi connectivity index (χ0v) is 17.4. The molecule has 1 aliphatic rings. The molecular weight excluding hydrogens is 386 g/mol. The Balaban J connectivity index is 1.69. The largest absolute Gasteiger partial charge is 0.352 e. The number of thioether (sulfide) groups is 1. The number of anilines is 2. The molecule has 6 nitrogen and oxygen atoms in total. The monoisotopic (exact) mass is 411 g/mol. The highest BCUT2D eigenvalue weighted by Gasteiger charge is 2.35. The second-order valence-corrected chi connectivity index (χ2v) is 7.77. The summed E-state index contributed by atoms with van der Waals surface area (Å²) in [5.74, 6) is -1.01. The lowest BCUT2D eigenvalue weighted by atomic mass is 10.1. The van der Waals surface area contributed by atoms with Crippen molar-refractivity contribution < 1.29 is 14.4 Å².